The van der Waals surface area contributed by atoms with E-state index in [-0.39, 0.29) is 0 Å². The fraction of sp³-hybridized carbons (Fsp3) is 0.400. The van der Waals surface area contributed by atoms with Gasteiger partial charge in [-0.3, -0.25) is 0 Å². The molecule has 1 rings (SSSR count). The highest BCUT2D eigenvalue weighted by atomic mass is 19.4. The van der Waals surface area contributed by atoms with E-state index in [0.717, 1.165) is 12.5 Å². The third-order valence-corrected chi connectivity index (χ3v) is 1.84. The van der Waals surface area contributed by atoms with E-state index in [2.05, 4.69) is 0 Å². The van der Waals surface area contributed by atoms with Gasteiger partial charge in [0.1, 0.15) is 0 Å². The number of halogens is 3. The van der Waals surface area contributed by atoms with Crippen LogP contribution in [-0.4, -0.2) is 0 Å². The van der Waals surface area contributed by atoms with Crippen molar-refractivity contribution in [1.82, 2.24) is 0 Å². The summed E-state index contributed by atoms with van der Waals surface area (Å²) in [7, 11) is 0. The standard InChI is InChI=1S/C10H11F3/c1-2-5-8-6-3-4-7-9(8)10(11,12)13/h3-4,6-7H,2,5H2,1H3. The molecule has 0 aliphatic rings. The Morgan fingerprint density at radius 1 is 1.15 bits per heavy atom. The van der Waals surface area contributed by atoms with Crippen molar-refractivity contribution in [2.24, 2.45) is 0 Å². The number of hydrogen-bond donors (Lipinski definition) is 0. The Morgan fingerprint density at radius 2 is 1.77 bits per heavy atom. The molecule has 0 spiro atoms. The number of alkyl halides is 3. The first-order valence-corrected chi connectivity index (χ1v) is 4.20. The van der Waals surface area contributed by atoms with Crippen LogP contribution in [0, 0.1) is 0 Å². The van der Waals surface area contributed by atoms with E-state index in [9.17, 15) is 13.2 Å². The third kappa shape index (κ3) is 2.47. The van der Waals surface area contributed by atoms with Crippen LogP contribution in [0.1, 0.15) is 24.5 Å². The Kier molecular flexibility index (Phi) is 2.96. The molecule has 72 valence electrons. The van der Waals surface area contributed by atoms with Crippen molar-refractivity contribution in [3.05, 3.63) is 35.4 Å². The smallest absolute Gasteiger partial charge is 0.166 e. The molecule has 0 saturated heterocycles. The quantitative estimate of drug-likeness (QED) is 0.664. The summed E-state index contributed by atoms with van der Waals surface area (Å²) in [5.74, 6) is 0. The lowest BCUT2D eigenvalue weighted by atomic mass is 10.0. The molecule has 0 aliphatic carbocycles. The summed E-state index contributed by atoms with van der Waals surface area (Å²) in [5.41, 5.74) is -0.116. The monoisotopic (exact) mass is 188 g/mol. The molecule has 3 heteroatoms. The predicted octanol–water partition coefficient (Wildman–Crippen LogP) is 3.66. The summed E-state index contributed by atoms with van der Waals surface area (Å²) in [6.45, 7) is 1.87. The number of benzene rings is 1. The maximum atomic E-state index is 12.4. The summed E-state index contributed by atoms with van der Waals surface area (Å²) < 4.78 is 37.1. The van der Waals surface area contributed by atoms with Crippen LogP contribution in [0.2, 0.25) is 0 Å². The second kappa shape index (κ2) is 3.81. The largest absolute Gasteiger partial charge is 0.416 e. The van der Waals surface area contributed by atoms with Gasteiger partial charge in [-0.15, -0.1) is 0 Å². The first kappa shape index (κ1) is 10.1. The molecule has 0 fully saturated rings. The Hall–Kier alpha value is -0.990. The van der Waals surface area contributed by atoms with Crippen molar-refractivity contribution in [3.63, 3.8) is 0 Å². The van der Waals surface area contributed by atoms with E-state index in [4.69, 9.17) is 0 Å². The van der Waals surface area contributed by atoms with Crippen LogP contribution in [0.25, 0.3) is 0 Å². The molecular formula is C10H11F3. The second-order valence-electron chi connectivity index (χ2n) is 2.90. The van der Waals surface area contributed by atoms with Gasteiger partial charge in [0.15, 0.2) is 0 Å². The number of hydrogen-bond acceptors (Lipinski definition) is 0. The van der Waals surface area contributed by atoms with Crippen LogP contribution in [-0.2, 0) is 12.6 Å². The molecule has 0 N–H and O–H groups in total. The molecule has 0 nitrogen and oxygen atoms in total. The Morgan fingerprint density at radius 3 is 2.31 bits per heavy atom. The SMILES string of the molecule is CCCc1ccccc1C(F)(F)F. The highest BCUT2D eigenvalue weighted by Crippen LogP contribution is 2.32. The van der Waals surface area contributed by atoms with Gasteiger partial charge in [-0.05, 0) is 18.1 Å². The van der Waals surface area contributed by atoms with Gasteiger partial charge >= 0.3 is 6.18 Å². The highest BCUT2D eigenvalue weighted by Gasteiger charge is 2.32. The topological polar surface area (TPSA) is 0 Å². The molecule has 1 aromatic carbocycles. The molecule has 0 aliphatic heterocycles. The Balaban J connectivity index is 3.05. The van der Waals surface area contributed by atoms with Gasteiger partial charge in [-0.1, -0.05) is 31.5 Å². The maximum absolute atomic E-state index is 12.4. The first-order valence-electron chi connectivity index (χ1n) is 4.20. The zero-order valence-electron chi connectivity index (χ0n) is 7.36. The molecule has 0 aromatic heterocycles. The molecule has 0 radical (unpaired) electrons. The summed E-state index contributed by atoms with van der Waals surface area (Å²) in [6.07, 6.45) is -3.01. The van der Waals surface area contributed by atoms with E-state index in [1.807, 2.05) is 6.92 Å². The Labute approximate surface area is 75.4 Å². The number of aryl methyl sites for hydroxylation is 1. The van der Waals surface area contributed by atoms with Crippen molar-refractivity contribution < 1.29 is 13.2 Å². The van der Waals surface area contributed by atoms with Crippen molar-refractivity contribution in [3.8, 4) is 0 Å². The molecule has 13 heavy (non-hydrogen) atoms. The van der Waals surface area contributed by atoms with Gasteiger partial charge in [0.2, 0.25) is 0 Å². The van der Waals surface area contributed by atoms with Gasteiger partial charge < -0.3 is 0 Å². The maximum Gasteiger partial charge on any atom is 0.416 e. The average molecular weight is 188 g/mol. The van der Waals surface area contributed by atoms with Crippen LogP contribution >= 0.6 is 0 Å². The molecule has 0 atom stereocenters. The molecule has 0 saturated carbocycles. The summed E-state index contributed by atoms with van der Waals surface area (Å²) in [4.78, 5) is 0. The summed E-state index contributed by atoms with van der Waals surface area (Å²) >= 11 is 0. The van der Waals surface area contributed by atoms with Gasteiger partial charge in [0.05, 0.1) is 5.56 Å². The van der Waals surface area contributed by atoms with E-state index in [0.29, 0.717) is 12.0 Å². The number of rotatable bonds is 2. The van der Waals surface area contributed by atoms with E-state index in [1.54, 1.807) is 6.07 Å². The molecule has 0 bridgehead atoms. The molecule has 1 aromatic rings. The van der Waals surface area contributed by atoms with Gasteiger partial charge in [0, 0.05) is 0 Å². The fourth-order valence-electron chi connectivity index (χ4n) is 1.28. The minimum absolute atomic E-state index is 0.387. The van der Waals surface area contributed by atoms with E-state index >= 15 is 0 Å². The lowest BCUT2D eigenvalue weighted by Crippen LogP contribution is -2.08. The highest BCUT2D eigenvalue weighted by molar-refractivity contribution is 5.29. The summed E-state index contributed by atoms with van der Waals surface area (Å²) in [5, 5.41) is 0. The van der Waals surface area contributed by atoms with Crippen molar-refractivity contribution in [1.29, 1.82) is 0 Å². The predicted molar refractivity (Wildman–Crippen MR) is 45.4 cm³/mol. The lowest BCUT2D eigenvalue weighted by Gasteiger charge is -2.11. The Bertz CT molecular complexity index is 276. The van der Waals surface area contributed by atoms with Gasteiger partial charge in [0.25, 0.3) is 0 Å². The third-order valence-electron chi connectivity index (χ3n) is 1.84. The summed E-state index contributed by atoms with van der Waals surface area (Å²) in [6, 6.07) is 5.72. The van der Waals surface area contributed by atoms with Gasteiger partial charge in [-0.2, -0.15) is 13.2 Å². The molecule has 0 unspecified atom stereocenters. The van der Waals surface area contributed by atoms with Crippen molar-refractivity contribution in [2.75, 3.05) is 0 Å². The van der Waals surface area contributed by atoms with Crippen molar-refractivity contribution >= 4 is 0 Å². The minimum atomic E-state index is -4.22. The van der Waals surface area contributed by atoms with Gasteiger partial charge in [-0.25, -0.2) is 0 Å². The fourth-order valence-corrected chi connectivity index (χ4v) is 1.28. The zero-order chi connectivity index (χ0) is 9.90. The normalized spacial score (nSPS) is 11.7. The zero-order valence-corrected chi connectivity index (χ0v) is 7.36. The van der Waals surface area contributed by atoms with Crippen LogP contribution in [0.4, 0.5) is 13.2 Å². The lowest BCUT2D eigenvalue weighted by molar-refractivity contribution is -0.138. The minimum Gasteiger partial charge on any atom is -0.166 e. The van der Waals surface area contributed by atoms with Crippen LogP contribution in [0.15, 0.2) is 24.3 Å². The first-order chi connectivity index (χ1) is 6.05. The second-order valence-corrected chi connectivity index (χ2v) is 2.90. The van der Waals surface area contributed by atoms with E-state index in [1.165, 1.54) is 12.1 Å². The van der Waals surface area contributed by atoms with Crippen LogP contribution < -0.4 is 0 Å². The average Bonchev–Trinajstić information content (AvgIpc) is 2.04. The molecular weight excluding hydrogens is 177 g/mol. The van der Waals surface area contributed by atoms with Crippen molar-refractivity contribution in [2.45, 2.75) is 25.9 Å². The van der Waals surface area contributed by atoms with Crippen LogP contribution in [0.3, 0.4) is 0 Å². The molecule has 0 amide bonds. The van der Waals surface area contributed by atoms with E-state index < -0.39 is 11.7 Å². The molecule has 0 heterocycles. The van der Waals surface area contributed by atoms with Crippen LogP contribution in [0.5, 0.6) is 0 Å².